The molecule has 5 nitrogen and oxygen atoms in total. The van der Waals surface area contributed by atoms with Crippen LogP contribution < -0.4 is 5.32 Å². The minimum Gasteiger partial charge on any atom is -0.377 e. The maximum Gasteiger partial charge on any atom is 0.293 e. The number of anilines is 1. The molecule has 1 aromatic carbocycles. The number of aryl methyl sites for hydroxylation is 1. The molecule has 0 unspecified atom stereocenters. The Kier molecular flexibility index (Phi) is 4.37. The van der Waals surface area contributed by atoms with Crippen LogP contribution in [0.3, 0.4) is 0 Å². The van der Waals surface area contributed by atoms with Crippen LogP contribution in [-0.2, 0) is 0 Å². The van der Waals surface area contributed by atoms with Crippen LogP contribution in [0.4, 0.5) is 11.4 Å². The first kappa shape index (κ1) is 14.5. The number of nitrogens with zero attached hydrogens (tertiary/aromatic N) is 1. The van der Waals surface area contributed by atoms with Gasteiger partial charge in [0.2, 0.25) is 0 Å². The Balaban J connectivity index is 2.33. The number of carbonyl (C=O) groups is 1. The van der Waals surface area contributed by atoms with E-state index < -0.39 is 4.92 Å². The summed E-state index contributed by atoms with van der Waals surface area (Å²) in [6.07, 6.45) is 5.66. The summed E-state index contributed by atoms with van der Waals surface area (Å²) in [4.78, 5) is 22.3. The molecule has 0 aromatic heterocycles. The van der Waals surface area contributed by atoms with Crippen molar-refractivity contribution in [3.8, 4) is 0 Å². The molecule has 1 saturated carbocycles. The SMILES string of the molecule is CC(=O)c1cc([N+](=O)[O-])c(NC2CCCCC2)cc1C. The molecule has 0 bridgehead atoms. The number of nitro benzene ring substituents is 1. The van der Waals surface area contributed by atoms with Crippen LogP contribution in [0.2, 0.25) is 0 Å². The van der Waals surface area contributed by atoms with Crippen LogP contribution in [0.15, 0.2) is 12.1 Å². The van der Waals surface area contributed by atoms with Crippen molar-refractivity contribution in [2.75, 3.05) is 5.32 Å². The molecule has 0 saturated heterocycles. The molecule has 5 heteroatoms. The summed E-state index contributed by atoms with van der Waals surface area (Å²) < 4.78 is 0. The monoisotopic (exact) mass is 276 g/mol. The average molecular weight is 276 g/mol. The predicted molar refractivity (Wildman–Crippen MR) is 78.3 cm³/mol. The Bertz CT molecular complexity index is 534. The summed E-state index contributed by atoms with van der Waals surface area (Å²) in [5, 5.41) is 14.5. The van der Waals surface area contributed by atoms with E-state index >= 15 is 0 Å². The fourth-order valence-corrected chi connectivity index (χ4v) is 2.81. The van der Waals surface area contributed by atoms with Crippen LogP contribution >= 0.6 is 0 Å². The number of nitro groups is 1. The summed E-state index contributed by atoms with van der Waals surface area (Å²) in [5.41, 5.74) is 1.73. The van der Waals surface area contributed by atoms with Gasteiger partial charge in [0.25, 0.3) is 5.69 Å². The number of ketones is 1. The first-order chi connectivity index (χ1) is 9.49. The van der Waals surface area contributed by atoms with Crippen molar-refractivity contribution in [1.82, 2.24) is 0 Å². The molecule has 1 aliphatic carbocycles. The molecule has 108 valence electrons. The lowest BCUT2D eigenvalue weighted by molar-refractivity contribution is -0.384. The minimum absolute atomic E-state index is 0.00799. The van der Waals surface area contributed by atoms with Gasteiger partial charge in [0.15, 0.2) is 5.78 Å². The zero-order valence-corrected chi connectivity index (χ0v) is 11.9. The summed E-state index contributed by atoms with van der Waals surface area (Å²) in [6.45, 7) is 3.24. The largest absolute Gasteiger partial charge is 0.377 e. The number of nitrogens with one attached hydrogen (secondary N) is 1. The molecule has 0 aliphatic heterocycles. The molecule has 0 radical (unpaired) electrons. The third-order valence-corrected chi connectivity index (χ3v) is 3.88. The van der Waals surface area contributed by atoms with Crippen LogP contribution in [0.1, 0.15) is 54.9 Å². The molecule has 2 rings (SSSR count). The fraction of sp³-hybridized carbons (Fsp3) is 0.533. The quantitative estimate of drug-likeness (QED) is 0.515. The maximum absolute atomic E-state index is 11.5. The molecule has 1 N–H and O–H groups in total. The highest BCUT2D eigenvalue weighted by Gasteiger charge is 2.21. The first-order valence-corrected chi connectivity index (χ1v) is 7.05. The summed E-state index contributed by atoms with van der Waals surface area (Å²) in [7, 11) is 0. The summed E-state index contributed by atoms with van der Waals surface area (Å²) in [5.74, 6) is -0.144. The lowest BCUT2D eigenvalue weighted by Crippen LogP contribution is -2.23. The molecule has 1 aliphatic rings. The Hall–Kier alpha value is -1.91. The second-order valence-corrected chi connectivity index (χ2v) is 5.48. The Morgan fingerprint density at radius 3 is 2.50 bits per heavy atom. The van der Waals surface area contributed by atoms with E-state index in [0.717, 1.165) is 31.2 Å². The number of hydrogen-bond acceptors (Lipinski definition) is 4. The van der Waals surface area contributed by atoms with Gasteiger partial charge in [0.1, 0.15) is 5.69 Å². The molecule has 20 heavy (non-hydrogen) atoms. The van der Waals surface area contributed by atoms with Gasteiger partial charge in [-0.1, -0.05) is 19.3 Å². The van der Waals surface area contributed by atoms with Crippen LogP contribution in [0.25, 0.3) is 0 Å². The van der Waals surface area contributed by atoms with Crippen molar-refractivity contribution in [1.29, 1.82) is 0 Å². The van der Waals surface area contributed by atoms with Gasteiger partial charge in [-0.25, -0.2) is 0 Å². The smallest absolute Gasteiger partial charge is 0.293 e. The van der Waals surface area contributed by atoms with Crippen molar-refractivity contribution in [3.05, 3.63) is 33.4 Å². The Labute approximate surface area is 118 Å². The van der Waals surface area contributed by atoms with Crippen molar-refractivity contribution in [3.63, 3.8) is 0 Å². The van der Waals surface area contributed by atoms with Gasteiger partial charge < -0.3 is 5.32 Å². The Morgan fingerprint density at radius 2 is 1.95 bits per heavy atom. The Morgan fingerprint density at radius 1 is 1.30 bits per heavy atom. The molecular formula is C15H20N2O3. The third kappa shape index (κ3) is 3.15. The van der Waals surface area contributed by atoms with E-state index in [2.05, 4.69) is 5.32 Å². The highest BCUT2D eigenvalue weighted by atomic mass is 16.6. The van der Waals surface area contributed by atoms with E-state index in [-0.39, 0.29) is 11.5 Å². The normalized spacial score (nSPS) is 15.9. The van der Waals surface area contributed by atoms with Gasteiger partial charge in [-0.3, -0.25) is 14.9 Å². The lowest BCUT2D eigenvalue weighted by Gasteiger charge is -2.24. The van der Waals surface area contributed by atoms with E-state index in [1.165, 1.54) is 19.4 Å². The second kappa shape index (κ2) is 6.03. The summed E-state index contributed by atoms with van der Waals surface area (Å²) in [6, 6.07) is 3.41. The third-order valence-electron chi connectivity index (χ3n) is 3.88. The van der Waals surface area contributed by atoms with Gasteiger partial charge in [0.05, 0.1) is 4.92 Å². The van der Waals surface area contributed by atoms with Gasteiger partial charge in [0, 0.05) is 17.7 Å². The number of carbonyl (C=O) groups excluding carboxylic acids is 1. The summed E-state index contributed by atoms with van der Waals surface area (Å²) >= 11 is 0. The molecule has 1 fully saturated rings. The van der Waals surface area contributed by atoms with E-state index in [9.17, 15) is 14.9 Å². The van der Waals surface area contributed by atoms with Crippen LogP contribution in [0.5, 0.6) is 0 Å². The van der Waals surface area contributed by atoms with Crippen molar-refractivity contribution >= 4 is 17.2 Å². The van der Waals surface area contributed by atoms with Gasteiger partial charge >= 0.3 is 0 Å². The minimum atomic E-state index is -0.420. The zero-order valence-electron chi connectivity index (χ0n) is 11.9. The van der Waals surface area contributed by atoms with Crippen LogP contribution in [-0.4, -0.2) is 16.7 Å². The molecule has 0 atom stereocenters. The van der Waals surface area contributed by atoms with Crippen molar-refractivity contribution in [2.24, 2.45) is 0 Å². The van der Waals surface area contributed by atoms with Crippen LogP contribution in [0, 0.1) is 17.0 Å². The number of Topliss-reactive ketones (excluding diaryl/α,β-unsaturated/α-hetero) is 1. The molecule has 1 aromatic rings. The van der Waals surface area contributed by atoms with Crippen molar-refractivity contribution in [2.45, 2.75) is 52.0 Å². The first-order valence-electron chi connectivity index (χ1n) is 7.05. The molecule has 0 spiro atoms. The average Bonchev–Trinajstić information content (AvgIpc) is 2.39. The van der Waals surface area contributed by atoms with E-state index in [1.54, 1.807) is 6.07 Å². The van der Waals surface area contributed by atoms with Gasteiger partial charge in [-0.05, 0) is 38.3 Å². The highest BCUT2D eigenvalue weighted by Crippen LogP contribution is 2.31. The fourth-order valence-electron chi connectivity index (χ4n) is 2.81. The number of rotatable bonds is 4. The maximum atomic E-state index is 11.5. The van der Waals surface area contributed by atoms with E-state index in [4.69, 9.17) is 0 Å². The standard InChI is InChI=1S/C15H20N2O3/c1-10-8-14(16-12-6-4-3-5-7-12)15(17(19)20)9-13(10)11(2)18/h8-9,12,16H,3-7H2,1-2H3. The molecular weight excluding hydrogens is 256 g/mol. The predicted octanol–water partition coefficient (Wildman–Crippen LogP) is 3.85. The number of hydrogen-bond donors (Lipinski definition) is 1. The zero-order chi connectivity index (χ0) is 14.7. The van der Waals surface area contributed by atoms with E-state index in [0.29, 0.717) is 17.3 Å². The van der Waals surface area contributed by atoms with Gasteiger partial charge in [-0.2, -0.15) is 0 Å². The number of benzene rings is 1. The molecule has 0 amide bonds. The lowest BCUT2D eigenvalue weighted by atomic mass is 9.95. The highest BCUT2D eigenvalue weighted by molar-refractivity contribution is 5.97. The van der Waals surface area contributed by atoms with Gasteiger partial charge in [-0.15, -0.1) is 0 Å². The molecule has 0 heterocycles. The van der Waals surface area contributed by atoms with Crippen molar-refractivity contribution < 1.29 is 9.72 Å². The second-order valence-electron chi connectivity index (χ2n) is 5.48. The topological polar surface area (TPSA) is 72.2 Å². The van der Waals surface area contributed by atoms with E-state index in [1.807, 2.05) is 6.92 Å².